The fraction of sp³-hybridized carbons (Fsp3) is 0.364. The number of rotatable bonds is 3. The van der Waals surface area contributed by atoms with E-state index in [1.54, 1.807) is 13.2 Å². The lowest BCUT2D eigenvalue weighted by atomic mass is 9.74. The van der Waals surface area contributed by atoms with Crippen molar-refractivity contribution in [1.29, 1.82) is 0 Å². The Hall–Kier alpha value is -2.13. The molecule has 0 spiro atoms. The molecule has 0 N–H and O–H groups in total. The van der Waals surface area contributed by atoms with Gasteiger partial charge in [-0.2, -0.15) is 0 Å². The van der Waals surface area contributed by atoms with E-state index in [1.165, 1.54) is 0 Å². The van der Waals surface area contributed by atoms with Gasteiger partial charge in [-0.05, 0) is 67.1 Å². The summed E-state index contributed by atoms with van der Waals surface area (Å²) in [5.74, 6) is 0.388. The van der Waals surface area contributed by atoms with Crippen LogP contribution in [0, 0.1) is 18.8 Å². The largest absolute Gasteiger partial charge is 0.496 e. The molecule has 2 aliphatic carbocycles. The van der Waals surface area contributed by atoms with Crippen molar-refractivity contribution in [3.63, 3.8) is 0 Å². The highest BCUT2D eigenvalue weighted by Crippen LogP contribution is 2.45. The minimum Gasteiger partial charge on any atom is -0.496 e. The molecular weight excluding hydrogens is 348 g/mol. The maximum Gasteiger partial charge on any atom is 0.150 e. The van der Waals surface area contributed by atoms with Gasteiger partial charge in [-0.3, -0.25) is 9.59 Å². The first-order valence-corrected chi connectivity index (χ1v) is 9.39. The zero-order valence-electron chi connectivity index (χ0n) is 14.9. The Labute approximate surface area is 158 Å². The van der Waals surface area contributed by atoms with Crippen LogP contribution < -0.4 is 4.74 Å². The highest BCUT2D eigenvalue weighted by molar-refractivity contribution is 6.31. The Morgan fingerprint density at radius 1 is 1.00 bits per heavy atom. The van der Waals surface area contributed by atoms with E-state index in [0.717, 1.165) is 41.5 Å². The summed E-state index contributed by atoms with van der Waals surface area (Å²) in [7, 11) is 1.62. The SMILES string of the molecule is COc1ccc(Cl)cc1-c1ccc(C)c(C2C(=O)[C@@H]3CC[C@@H](C3)C2=O)c1. The molecule has 2 fully saturated rings. The van der Waals surface area contributed by atoms with Gasteiger partial charge >= 0.3 is 0 Å². The van der Waals surface area contributed by atoms with Crippen molar-refractivity contribution >= 4 is 23.2 Å². The molecule has 2 aromatic rings. The molecule has 4 rings (SSSR count). The number of aryl methyl sites for hydroxylation is 1. The Kier molecular flexibility index (Phi) is 4.36. The third-order valence-electron chi connectivity index (χ3n) is 5.87. The van der Waals surface area contributed by atoms with E-state index >= 15 is 0 Å². The predicted octanol–water partition coefficient (Wildman–Crippen LogP) is 4.98. The van der Waals surface area contributed by atoms with Crippen molar-refractivity contribution in [3.8, 4) is 16.9 Å². The van der Waals surface area contributed by atoms with E-state index in [-0.39, 0.29) is 23.4 Å². The molecule has 2 saturated carbocycles. The molecule has 0 aromatic heterocycles. The van der Waals surface area contributed by atoms with Crippen LogP contribution in [0.25, 0.3) is 11.1 Å². The van der Waals surface area contributed by atoms with Crippen molar-refractivity contribution < 1.29 is 14.3 Å². The summed E-state index contributed by atoms with van der Waals surface area (Å²) >= 11 is 6.17. The molecule has 2 aliphatic rings. The first-order valence-electron chi connectivity index (χ1n) is 9.01. The third-order valence-corrected chi connectivity index (χ3v) is 6.10. The molecule has 0 heterocycles. The summed E-state index contributed by atoms with van der Waals surface area (Å²) in [5.41, 5.74) is 3.57. The third kappa shape index (κ3) is 2.75. The average molecular weight is 369 g/mol. The molecule has 2 aromatic carbocycles. The Morgan fingerprint density at radius 3 is 2.35 bits per heavy atom. The standard InChI is InChI=1S/C22H21ClO3/c1-12-3-4-13(18-11-16(23)7-8-19(18)26-2)10-17(12)20-21(24)14-5-6-15(9-14)22(20)25/h3-4,7-8,10-11,14-15,20H,5-6,9H2,1-2H3/t14-,15+,20?. The molecule has 1 unspecified atom stereocenters. The van der Waals surface area contributed by atoms with Crippen molar-refractivity contribution in [2.45, 2.75) is 32.1 Å². The number of ether oxygens (including phenoxy) is 1. The average Bonchev–Trinajstić information content (AvgIpc) is 3.09. The quantitative estimate of drug-likeness (QED) is 0.718. The molecule has 3 atom stereocenters. The van der Waals surface area contributed by atoms with Gasteiger partial charge in [0.2, 0.25) is 0 Å². The Balaban J connectivity index is 1.82. The summed E-state index contributed by atoms with van der Waals surface area (Å²) in [5, 5.41) is 0.616. The molecule has 0 aliphatic heterocycles. The number of carbonyl (C=O) groups excluding carboxylic acids is 2. The Morgan fingerprint density at radius 2 is 1.69 bits per heavy atom. The monoisotopic (exact) mass is 368 g/mol. The second kappa shape index (κ2) is 6.55. The van der Waals surface area contributed by atoms with Crippen LogP contribution in [0.1, 0.15) is 36.3 Å². The molecule has 0 saturated heterocycles. The minimum atomic E-state index is -0.619. The first kappa shape index (κ1) is 17.3. The van der Waals surface area contributed by atoms with Crippen LogP contribution in [0.3, 0.4) is 0 Å². The lowest BCUT2D eigenvalue weighted by molar-refractivity contribution is -0.135. The molecular formula is C22H21ClO3. The fourth-order valence-electron chi connectivity index (χ4n) is 4.44. The number of hydrogen-bond acceptors (Lipinski definition) is 3. The van der Waals surface area contributed by atoms with Crippen molar-refractivity contribution in [1.82, 2.24) is 0 Å². The number of carbonyl (C=O) groups is 2. The summed E-state index contributed by atoms with van der Waals surface area (Å²) in [6.07, 6.45) is 2.45. The molecule has 0 radical (unpaired) electrons. The number of Topliss-reactive ketones (excluding diaryl/α,β-unsaturated/α-hetero) is 2. The molecule has 0 amide bonds. The maximum atomic E-state index is 12.9. The van der Waals surface area contributed by atoms with Crippen molar-refractivity contribution in [2.24, 2.45) is 11.8 Å². The Bertz CT molecular complexity index is 880. The van der Waals surface area contributed by atoms with Crippen LogP contribution in [0.4, 0.5) is 0 Å². The molecule has 26 heavy (non-hydrogen) atoms. The first-order chi connectivity index (χ1) is 12.5. The van der Waals surface area contributed by atoms with Gasteiger partial charge < -0.3 is 4.74 Å². The summed E-state index contributed by atoms with van der Waals surface area (Å²) in [6, 6.07) is 11.4. The van der Waals surface area contributed by atoms with Gasteiger partial charge in [0.05, 0.1) is 7.11 Å². The number of halogens is 1. The number of fused-ring (bicyclic) bond motifs is 2. The highest BCUT2D eigenvalue weighted by Gasteiger charge is 2.47. The van der Waals surface area contributed by atoms with Crippen LogP contribution >= 0.6 is 11.6 Å². The van der Waals surface area contributed by atoms with Gasteiger partial charge in [-0.25, -0.2) is 0 Å². The smallest absolute Gasteiger partial charge is 0.150 e. The lowest BCUT2D eigenvalue weighted by Gasteiger charge is -2.27. The maximum absolute atomic E-state index is 12.9. The van der Waals surface area contributed by atoms with E-state index in [2.05, 4.69) is 0 Å². The highest BCUT2D eigenvalue weighted by atomic mass is 35.5. The van der Waals surface area contributed by atoms with Crippen LogP contribution in [-0.2, 0) is 9.59 Å². The molecule has 4 heteroatoms. The summed E-state index contributed by atoms with van der Waals surface area (Å²) in [6.45, 7) is 1.96. The van der Waals surface area contributed by atoms with Gasteiger partial charge in [-0.15, -0.1) is 0 Å². The molecule has 2 bridgehead atoms. The summed E-state index contributed by atoms with van der Waals surface area (Å²) < 4.78 is 5.46. The number of methoxy groups -OCH3 is 1. The zero-order chi connectivity index (χ0) is 18.4. The topological polar surface area (TPSA) is 43.4 Å². The zero-order valence-corrected chi connectivity index (χ0v) is 15.7. The van der Waals surface area contributed by atoms with E-state index in [4.69, 9.17) is 16.3 Å². The van der Waals surface area contributed by atoms with Gasteiger partial charge in [0.1, 0.15) is 11.7 Å². The molecule has 134 valence electrons. The van der Waals surface area contributed by atoms with Gasteiger partial charge in [0, 0.05) is 22.4 Å². The van der Waals surface area contributed by atoms with Crippen LogP contribution in [-0.4, -0.2) is 18.7 Å². The van der Waals surface area contributed by atoms with Crippen LogP contribution in [0.15, 0.2) is 36.4 Å². The number of hydrogen-bond donors (Lipinski definition) is 0. The fourth-order valence-corrected chi connectivity index (χ4v) is 4.61. The predicted molar refractivity (Wildman–Crippen MR) is 102 cm³/mol. The van der Waals surface area contributed by atoms with E-state index < -0.39 is 5.92 Å². The number of ketones is 2. The van der Waals surface area contributed by atoms with Gasteiger partial charge in [0.25, 0.3) is 0 Å². The normalized spacial score (nSPS) is 24.8. The van der Waals surface area contributed by atoms with Crippen molar-refractivity contribution in [2.75, 3.05) is 7.11 Å². The number of benzene rings is 2. The van der Waals surface area contributed by atoms with Gasteiger partial charge in [0.15, 0.2) is 11.6 Å². The lowest BCUT2D eigenvalue weighted by Crippen LogP contribution is -2.35. The summed E-state index contributed by atoms with van der Waals surface area (Å²) in [4.78, 5) is 25.8. The van der Waals surface area contributed by atoms with E-state index in [9.17, 15) is 9.59 Å². The van der Waals surface area contributed by atoms with Gasteiger partial charge in [-0.1, -0.05) is 23.7 Å². The molecule has 3 nitrogen and oxygen atoms in total. The van der Waals surface area contributed by atoms with Crippen LogP contribution in [0.2, 0.25) is 5.02 Å². The van der Waals surface area contributed by atoms with E-state index in [0.29, 0.717) is 10.8 Å². The van der Waals surface area contributed by atoms with Crippen molar-refractivity contribution in [3.05, 3.63) is 52.5 Å². The second-order valence-corrected chi connectivity index (χ2v) is 7.80. The second-order valence-electron chi connectivity index (χ2n) is 7.36. The minimum absolute atomic E-state index is 0.0476. The van der Waals surface area contributed by atoms with Crippen LogP contribution in [0.5, 0.6) is 5.75 Å². The van der Waals surface area contributed by atoms with E-state index in [1.807, 2.05) is 37.3 Å².